The molecular formula is C22H28ClN3O4. The van der Waals surface area contributed by atoms with E-state index in [1.54, 1.807) is 7.11 Å². The van der Waals surface area contributed by atoms with Crippen LogP contribution in [0.25, 0.3) is 11.0 Å². The summed E-state index contributed by atoms with van der Waals surface area (Å²) < 4.78 is 17.4. The van der Waals surface area contributed by atoms with Crippen molar-refractivity contribution in [2.45, 2.75) is 62.8 Å². The molecule has 2 amide bonds. The van der Waals surface area contributed by atoms with Gasteiger partial charge in [0, 0.05) is 30.7 Å². The average Bonchev–Trinajstić information content (AvgIpc) is 3.15. The van der Waals surface area contributed by atoms with Crippen molar-refractivity contribution in [2.75, 3.05) is 25.6 Å². The number of benzene rings is 1. The van der Waals surface area contributed by atoms with Gasteiger partial charge in [-0.3, -0.25) is 0 Å². The molecule has 5 rings (SSSR count). The number of carbonyl (C=O) groups excluding carboxylic acids is 1. The number of urea groups is 1. The Morgan fingerprint density at radius 3 is 2.93 bits per heavy atom. The van der Waals surface area contributed by atoms with Crippen LogP contribution in [0.4, 0.5) is 10.5 Å². The molecule has 2 fully saturated rings. The monoisotopic (exact) mass is 433 g/mol. The summed E-state index contributed by atoms with van der Waals surface area (Å²) in [7, 11) is 1.72. The summed E-state index contributed by atoms with van der Waals surface area (Å²) >= 11 is 6.60. The highest BCUT2D eigenvalue weighted by Gasteiger charge is 2.43. The number of methoxy groups -OCH3 is 1. The fourth-order valence-electron chi connectivity index (χ4n) is 5.23. The summed E-state index contributed by atoms with van der Waals surface area (Å²) in [5.41, 5.74) is 2.09. The highest BCUT2D eigenvalue weighted by molar-refractivity contribution is 6.35. The molecule has 7 nitrogen and oxygen atoms in total. The van der Waals surface area contributed by atoms with Gasteiger partial charge in [0.1, 0.15) is 11.3 Å². The van der Waals surface area contributed by atoms with E-state index in [9.17, 15) is 4.79 Å². The lowest BCUT2D eigenvalue weighted by molar-refractivity contribution is -0.0504. The molecule has 162 valence electrons. The summed E-state index contributed by atoms with van der Waals surface area (Å²) in [4.78, 5) is 12.4. The van der Waals surface area contributed by atoms with Crippen LogP contribution in [0.3, 0.4) is 0 Å². The number of fused-ring (bicyclic) bond motifs is 4. The van der Waals surface area contributed by atoms with E-state index in [2.05, 4.69) is 16.0 Å². The van der Waals surface area contributed by atoms with E-state index < -0.39 is 5.54 Å². The molecule has 2 aliphatic heterocycles. The van der Waals surface area contributed by atoms with Gasteiger partial charge in [-0.15, -0.1) is 0 Å². The lowest BCUT2D eigenvalue weighted by Crippen LogP contribution is -2.52. The third-order valence-corrected chi connectivity index (χ3v) is 7.03. The Kier molecular flexibility index (Phi) is 5.39. The van der Waals surface area contributed by atoms with Crippen molar-refractivity contribution < 1.29 is 18.7 Å². The van der Waals surface area contributed by atoms with E-state index in [0.717, 1.165) is 61.0 Å². The van der Waals surface area contributed by atoms with Crippen LogP contribution in [0.5, 0.6) is 0 Å². The molecule has 3 N–H and O–H groups in total. The summed E-state index contributed by atoms with van der Waals surface area (Å²) in [5, 5.41) is 11.2. The number of hydrogen-bond acceptors (Lipinski definition) is 5. The average molecular weight is 434 g/mol. The van der Waals surface area contributed by atoms with E-state index in [-0.39, 0.29) is 18.2 Å². The third-order valence-electron chi connectivity index (χ3n) is 6.73. The first kappa shape index (κ1) is 20.1. The van der Waals surface area contributed by atoms with Gasteiger partial charge in [0.05, 0.1) is 35.5 Å². The third kappa shape index (κ3) is 3.47. The van der Waals surface area contributed by atoms with E-state index in [1.807, 2.05) is 12.1 Å². The van der Waals surface area contributed by atoms with E-state index in [0.29, 0.717) is 23.9 Å². The van der Waals surface area contributed by atoms with Gasteiger partial charge < -0.3 is 29.8 Å². The topological polar surface area (TPSA) is 84.8 Å². The van der Waals surface area contributed by atoms with Crippen LogP contribution >= 0.6 is 11.6 Å². The van der Waals surface area contributed by atoms with Crippen molar-refractivity contribution >= 4 is 34.3 Å². The highest BCUT2D eigenvalue weighted by atomic mass is 35.5. The number of nitrogens with one attached hydrogen (secondary N) is 3. The van der Waals surface area contributed by atoms with Crippen LogP contribution in [0.1, 0.15) is 49.8 Å². The number of furan rings is 1. The molecule has 2 aromatic rings. The van der Waals surface area contributed by atoms with Crippen LogP contribution in [-0.4, -0.2) is 38.5 Å². The van der Waals surface area contributed by atoms with Crippen LogP contribution in [0, 0.1) is 0 Å². The van der Waals surface area contributed by atoms with Crippen LogP contribution < -0.4 is 16.0 Å². The zero-order chi connectivity index (χ0) is 20.7. The molecule has 1 saturated heterocycles. The number of ether oxygens (including phenoxy) is 2. The lowest BCUT2D eigenvalue weighted by Gasteiger charge is -2.42. The van der Waals surface area contributed by atoms with Gasteiger partial charge in [-0.1, -0.05) is 30.9 Å². The summed E-state index contributed by atoms with van der Waals surface area (Å²) in [6.45, 7) is 1.93. The molecule has 1 aliphatic carbocycles. The normalized spacial score (nSPS) is 25.7. The number of halogens is 1. The van der Waals surface area contributed by atoms with E-state index in [1.165, 1.54) is 6.42 Å². The standard InChI is InChI=1S/C22H28ClN3O4/c1-28-17-12-29-8-5-16(17)24-11-14-9-13-10-15(23)19-18(20(13)30-14)22(26-21(27)25-19)6-3-2-4-7-22/h9-10,16-17,24H,2-8,11-12H2,1H3,(H2,25,26,27)/t16-,17-/m0/s1. The smallest absolute Gasteiger partial charge is 0.319 e. The molecule has 1 spiro atoms. The molecule has 0 radical (unpaired) electrons. The Bertz CT molecular complexity index is 953. The molecule has 1 aromatic heterocycles. The fourth-order valence-corrected chi connectivity index (χ4v) is 5.49. The minimum absolute atomic E-state index is 0.0373. The first-order chi connectivity index (χ1) is 14.6. The number of hydrogen-bond donors (Lipinski definition) is 3. The maximum absolute atomic E-state index is 12.4. The van der Waals surface area contributed by atoms with Crippen LogP contribution in [0.2, 0.25) is 5.02 Å². The Morgan fingerprint density at radius 2 is 2.13 bits per heavy atom. The van der Waals surface area contributed by atoms with Crippen molar-refractivity contribution in [3.8, 4) is 0 Å². The summed E-state index contributed by atoms with van der Waals surface area (Å²) in [5.74, 6) is 0.846. The SMILES string of the molecule is CO[C@H]1COCC[C@@H]1NCc1cc2cc(Cl)c3c(c2o1)C1(CCCCC1)NC(=O)N3. The number of carbonyl (C=O) groups is 1. The Hall–Kier alpha value is -1.80. The van der Waals surface area contributed by atoms with Crippen molar-refractivity contribution in [3.05, 3.63) is 28.5 Å². The Balaban J connectivity index is 1.49. The van der Waals surface area contributed by atoms with Crippen molar-refractivity contribution in [3.63, 3.8) is 0 Å². The minimum Gasteiger partial charge on any atom is -0.459 e. The number of anilines is 1. The largest absolute Gasteiger partial charge is 0.459 e. The van der Waals surface area contributed by atoms with Gasteiger partial charge in [-0.25, -0.2) is 4.79 Å². The first-order valence-electron chi connectivity index (χ1n) is 10.8. The zero-order valence-electron chi connectivity index (χ0n) is 17.2. The molecule has 0 unspecified atom stereocenters. The second-order valence-electron chi connectivity index (χ2n) is 8.59. The van der Waals surface area contributed by atoms with Crippen molar-refractivity contribution in [2.24, 2.45) is 0 Å². The van der Waals surface area contributed by atoms with Crippen molar-refractivity contribution in [1.29, 1.82) is 0 Å². The maximum Gasteiger partial charge on any atom is 0.319 e. The molecule has 3 heterocycles. The van der Waals surface area contributed by atoms with Gasteiger partial charge in [-0.05, 0) is 31.4 Å². The van der Waals surface area contributed by atoms with Gasteiger partial charge in [0.15, 0.2) is 0 Å². The molecule has 0 bridgehead atoms. The lowest BCUT2D eigenvalue weighted by atomic mass is 9.74. The fraction of sp³-hybridized carbons (Fsp3) is 0.591. The molecule has 8 heteroatoms. The number of amides is 2. The van der Waals surface area contributed by atoms with Gasteiger partial charge >= 0.3 is 6.03 Å². The predicted octanol–water partition coefficient (Wildman–Crippen LogP) is 4.27. The maximum atomic E-state index is 12.4. The molecule has 3 aliphatic rings. The molecule has 30 heavy (non-hydrogen) atoms. The highest BCUT2D eigenvalue weighted by Crippen LogP contribution is 2.48. The van der Waals surface area contributed by atoms with Gasteiger partial charge in [-0.2, -0.15) is 0 Å². The second-order valence-corrected chi connectivity index (χ2v) is 8.99. The first-order valence-corrected chi connectivity index (χ1v) is 11.2. The number of rotatable bonds is 4. The molecule has 1 aromatic carbocycles. The minimum atomic E-state index is -0.413. The van der Waals surface area contributed by atoms with Gasteiger partial charge in [0.25, 0.3) is 0 Å². The summed E-state index contributed by atoms with van der Waals surface area (Å²) in [6, 6.07) is 3.96. The van der Waals surface area contributed by atoms with E-state index >= 15 is 0 Å². The summed E-state index contributed by atoms with van der Waals surface area (Å²) in [6.07, 6.45) is 6.07. The second kappa shape index (κ2) is 8.04. The molecule has 2 atom stereocenters. The Labute approximate surface area is 180 Å². The molecule has 1 saturated carbocycles. The van der Waals surface area contributed by atoms with Gasteiger partial charge in [0.2, 0.25) is 0 Å². The van der Waals surface area contributed by atoms with Crippen LogP contribution in [0.15, 0.2) is 16.5 Å². The Morgan fingerprint density at radius 1 is 1.30 bits per heavy atom. The van der Waals surface area contributed by atoms with Crippen molar-refractivity contribution in [1.82, 2.24) is 10.6 Å². The molecular weight excluding hydrogens is 406 g/mol. The quantitative estimate of drug-likeness (QED) is 0.670. The predicted molar refractivity (Wildman–Crippen MR) is 115 cm³/mol. The van der Waals surface area contributed by atoms with E-state index in [4.69, 9.17) is 25.5 Å². The van der Waals surface area contributed by atoms with Crippen LogP contribution in [-0.2, 0) is 21.6 Å². The zero-order valence-corrected chi connectivity index (χ0v) is 17.9.